The van der Waals surface area contributed by atoms with Crippen molar-refractivity contribution >= 4 is 11.6 Å². The summed E-state index contributed by atoms with van der Waals surface area (Å²) in [7, 11) is 4.98. The lowest BCUT2D eigenvalue weighted by molar-refractivity contribution is -0.311. The molecule has 7 atom stereocenters. The van der Waals surface area contributed by atoms with Gasteiger partial charge in [-0.2, -0.15) is 0 Å². The van der Waals surface area contributed by atoms with Crippen LogP contribution in [0.2, 0.25) is 0 Å². The van der Waals surface area contributed by atoms with E-state index in [1.54, 1.807) is 40.0 Å². The molecule has 2 aliphatic heterocycles. The van der Waals surface area contributed by atoms with Crippen LogP contribution < -0.4 is 10.1 Å². The number of aliphatic hydroxyl groups is 3. The van der Waals surface area contributed by atoms with E-state index in [0.29, 0.717) is 30.7 Å². The maximum absolute atomic E-state index is 14.2. The molecular formula is C31H38N2O10. The number of carbonyl (C=O) groups excluding carboxylic acids is 2. The standard InChI is InChI=1S/C31H38N2O10/c1-30(40)11-13-9-14-19(24(36)18(13)16(12-30)32-7-6-8-41-5)25(37)20-17(34)10-15-27(21(20)23(14)35)42-29-26(38)22(33(3)4)28(39)31(15,2)43-29/h9-10,16,22,26,28-29,32,34,36,38-40H,6-8,11-12H2,1-5H3. The van der Waals surface area contributed by atoms with Gasteiger partial charge in [-0.15, -0.1) is 0 Å². The van der Waals surface area contributed by atoms with Crippen LogP contribution in [0.4, 0.5) is 0 Å². The van der Waals surface area contributed by atoms with Gasteiger partial charge in [0.2, 0.25) is 12.1 Å². The fourth-order valence-corrected chi connectivity index (χ4v) is 7.30. The maximum atomic E-state index is 14.2. The van der Waals surface area contributed by atoms with Gasteiger partial charge >= 0.3 is 0 Å². The number of hydrogen-bond donors (Lipinski definition) is 6. The molecule has 0 radical (unpaired) electrons. The Kier molecular flexibility index (Phi) is 7.13. The average molecular weight is 599 g/mol. The lowest BCUT2D eigenvalue weighted by Gasteiger charge is -2.53. The fraction of sp³-hybridized carbons (Fsp3) is 0.548. The molecule has 2 aromatic rings. The summed E-state index contributed by atoms with van der Waals surface area (Å²) in [4.78, 5) is 29.9. The highest BCUT2D eigenvalue weighted by Crippen LogP contribution is 2.54. The number of likely N-dealkylation sites (N-methyl/N-ethyl adjacent to an activating group) is 1. The van der Waals surface area contributed by atoms with E-state index in [1.165, 1.54) is 12.1 Å². The lowest BCUT2D eigenvalue weighted by atomic mass is 9.72. The van der Waals surface area contributed by atoms with Crippen LogP contribution in [0, 0.1) is 0 Å². The molecule has 2 aromatic carbocycles. The molecule has 0 aromatic heterocycles. The fourth-order valence-electron chi connectivity index (χ4n) is 7.30. The number of methoxy groups -OCH3 is 1. The molecule has 0 amide bonds. The first-order valence-electron chi connectivity index (χ1n) is 14.4. The Morgan fingerprint density at radius 3 is 2.49 bits per heavy atom. The first-order chi connectivity index (χ1) is 20.2. The highest BCUT2D eigenvalue weighted by Gasteiger charge is 2.59. The summed E-state index contributed by atoms with van der Waals surface area (Å²) < 4.78 is 17.1. The minimum Gasteiger partial charge on any atom is -0.507 e. The van der Waals surface area contributed by atoms with Crippen molar-refractivity contribution in [3.63, 3.8) is 0 Å². The summed E-state index contributed by atoms with van der Waals surface area (Å²) in [5.41, 5.74) is -2.44. The van der Waals surface area contributed by atoms with E-state index in [9.17, 15) is 35.1 Å². The van der Waals surface area contributed by atoms with Crippen molar-refractivity contribution in [1.29, 1.82) is 0 Å². The number of nitrogens with one attached hydrogen (secondary N) is 1. The van der Waals surface area contributed by atoms with E-state index in [4.69, 9.17) is 14.2 Å². The molecule has 4 aliphatic rings. The first-order valence-corrected chi connectivity index (χ1v) is 14.4. The summed E-state index contributed by atoms with van der Waals surface area (Å²) in [5, 5.41) is 59.5. The Morgan fingerprint density at radius 1 is 1.09 bits per heavy atom. The molecule has 12 heteroatoms. The summed E-state index contributed by atoms with van der Waals surface area (Å²) in [6.45, 7) is 4.30. The second-order valence-electron chi connectivity index (χ2n) is 12.7. The first kappa shape index (κ1) is 29.9. The number of aromatic hydroxyl groups is 2. The van der Waals surface area contributed by atoms with E-state index >= 15 is 0 Å². The highest BCUT2D eigenvalue weighted by atomic mass is 16.7. The van der Waals surface area contributed by atoms with E-state index in [0.717, 1.165) is 0 Å². The molecular weight excluding hydrogens is 560 g/mol. The second kappa shape index (κ2) is 10.2. The van der Waals surface area contributed by atoms with Gasteiger partial charge in [0.1, 0.15) is 35.1 Å². The highest BCUT2D eigenvalue weighted by molar-refractivity contribution is 6.31. The summed E-state index contributed by atoms with van der Waals surface area (Å²) >= 11 is 0. The van der Waals surface area contributed by atoms with Gasteiger partial charge in [0.05, 0.1) is 28.3 Å². The SMILES string of the molecule is COCCCNC1CC(C)(O)Cc2cc3c(c(O)c21)C(=O)c1c(O)cc2c(c1C3=O)OC1OC2(C)C(O)C(N(C)C)C1O. The van der Waals surface area contributed by atoms with Crippen LogP contribution in [-0.2, 0) is 21.5 Å². The monoisotopic (exact) mass is 598 g/mol. The number of benzene rings is 2. The Hall–Kier alpha value is -3.10. The molecule has 6 N–H and O–H groups in total. The van der Waals surface area contributed by atoms with Crippen LogP contribution in [0.25, 0.3) is 0 Å². The van der Waals surface area contributed by atoms with Crippen molar-refractivity contribution in [2.24, 2.45) is 0 Å². The van der Waals surface area contributed by atoms with Gasteiger partial charge in [0, 0.05) is 42.9 Å². The molecule has 2 aliphatic carbocycles. The molecule has 0 spiro atoms. The van der Waals surface area contributed by atoms with Gasteiger partial charge in [-0.25, -0.2) is 0 Å². The zero-order chi connectivity index (χ0) is 31.2. The molecule has 1 saturated heterocycles. The Morgan fingerprint density at radius 2 is 1.81 bits per heavy atom. The number of ether oxygens (including phenoxy) is 3. The Labute approximate surface area is 248 Å². The molecule has 1 fully saturated rings. The molecule has 2 heterocycles. The van der Waals surface area contributed by atoms with Gasteiger partial charge in [0.15, 0.2) is 5.78 Å². The third-order valence-corrected chi connectivity index (χ3v) is 9.33. The van der Waals surface area contributed by atoms with Crippen LogP contribution in [0.3, 0.4) is 0 Å². The number of nitrogens with zero attached hydrogens (tertiary/aromatic N) is 1. The average Bonchev–Trinajstić information content (AvgIpc) is 2.92. The number of hydrogen-bond acceptors (Lipinski definition) is 12. The molecule has 43 heavy (non-hydrogen) atoms. The van der Waals surface area contributed by atoms with Gasteiger partial charge < -0.3 is 50.0 Å². The maximum Gasteiger partial charge on any atom is 0.228 e. The minimum absolute atomic E-state index is 0.0762. The van der Waals surface area contributed by atoms with E-state index in [-0.39, 0.29) is 52.2 Å². The predicted octanol–water partition coefficient (Wildman–Crippen LogP) is 0.854. The van der Waals surface area contributed by atoms with Crippen LogP contribution in [0.1, 0.15) is 81.3 Å². The van der Waals surface area contributed by atoms with Gasteiger partial charge in [-0.1, -0.05) is 0 Å². The second-order valence-corrected chi connectivity index (χ2v) is 12.7. The van der Waals surface area contributed by atoms with E-state index in [1.807, 2.05) is 0 Å². The topological polar surface area (TPSA) is 178 Å². The number of ketones is 2. The van der Waals surface area contributed by atoms with Crippen molar-refractivity contribution in [2.75, 3.05) is 34.4 Å². The molecule has 12 nitrogen and oxygen atoms in total. The Bertz CT molecular complexity index is 1520. The quantitative estimate of drug-likeness (QED) is 0.221. The van der Waals surface area contributed by atoms with Crippen LogP contribution in [0.5, 0.6) is 17.2 Å². The van der Waals surface area contributed by atoms with Crippen molar-refractivity contribution in [3.05, 3.63) is 51.1 Å². The number of carbonyl (C=O) groups is 2. The number of fused-ring (bicyclic) bond motifs is 8. The lowest BCUT2D eigenvalue weighted by Crippen LogP contribution is -2.68. The van der Waals surface area contributed by atoms with Gasteiger partial charge in [-0.3, -0.25) is 9.59 Å². The largest absolute Gasteiger partial charge is 0.507 e. The molecule has 7 unspecified atom stereocenters. The smallest absolute Gasteiger partial charge is 0.228 e. The van der Waals surface area contributed by atoms with Crippen molar-refractivity contribution in [1.82, 2.24) is 10.2 Å². The van der Waals surface area contributed by atoms with Crippen LogP contribution in [-0.4, -0.2) is 106 Å². The number of phenols is 2. The normalized spacial score (nSPS) is 32.5. The minimum atomic E-state index is -1.50. The summed E-state index contributed by atoms with van der Waals surface area (Å²) in [5.74, 6) is -2.42. The number of phenolic OH excluding ortho intramolecular Hbond substituents is 2. The summed E-state index contributed by atoms with van der Waals surface area (Å²) in [6.07, 6.45) is -2.78. The summed E-state index contributed by atoms with van der Waals surface area (Å²) in [6, 6.07) is 1.46. The molecule has 0 saturated carbocycles. The predicted molar refractivity (Wildman–Crippen MR) is 152 cm³/mol. The number of rotatable bonds is 6. The van der Waals surface area contributed by atoms with E-state index < -0.39 is 59.1 Å². The van der Waals surface area contributed by atoms with E-state index in [2.05, 4.69) is 5.32 Å². The van der Waals surface area contributed by atoms with Gasteiger partial charge in [0.25, 0.3) is 0 Å². The third kappa shape index (κ3) is 4.39. The molecule has 6 rings (SSSR count). The van der Waals surface area contributed by atoms with Crippen molar-refractivity contribution < 1.29 is 49.3 Å². The Balaban J connectivity index is 1.50. The van der Waals surface area contributed by atoms with Crippen LogP contribution in [0.15, 0.2) is 12.1 Å². The zero-order valence-corrected chi connectivity index (χ0v) is 24.8. The number of aliphatic hydroxyl groups excluding tert-OH is 2. The van der Waals surface area contributed by atoms with Gasteiger partial charge in [-0.05, 0) is 65.0 Å². The van der Waals surface area contributed by atoms with Crippen molar-refractivity contribution in [2.45, 2.75) is 74.9 Å². The van der Waals surface area contributed by atoms with Crippen molar-refractivity contribution in [3.8, 4) is 17.2 Å². The van der Waals surface area contributed by atoms with Crippen LogP contribution >= 0.6 is 0 Å². The molecule has 2 bridgehead atoms. The zero-order valence-electron chi connectivity index (χ0n) is 24.8. The molecule has 232 valence electrons. The third-order valence-electron chi connectivity index (χ3n) is 9.33.